The summed E-state index contributed by atoms with van der Waals surface area (Å²) < 4.78 is 5.10. The summed E-state index contributed by atoms with van der Waals surface area (Å²) in [6, 6.07) is 5.62. The van der Waals surface area contributed by atoms with Gasteiger partial charge in [0, 0.05) is 31.4 Å². The number of hydrogen-bond donors (Lipinski definition) is 1. The first kappa shape index (κ1) is 14.7. The number of carbonyl (C=O) groups excluding carboxylic acids is 1. The molecule has 1 saturated heterocycles. The van der Waals surface area contributed by atoms with E-state index in [1.54, 1.807) is 30.2 Å². The van der Waals surface area contributed by atoms with Gasteiger partial charge in [0.15, 0.2) is 0 Å². The summed E-state index contributed by atoms with van der Waals surface area (Å²) in [6.07, 6.45) is 2.35. The average Bonchev–Trinajstić information content (AvgIpc) is 2.83. The van der Waals surface area contributed by atoms with Crippen molar-refractivity contribution >= 4 is 11.6 Å². The number of amides is 1. The van der Waals surface area contributed by atoms with Gasteiger partial charge in [-0.1, -0.05) is 0 Å². The summed E-state index contributed by atoms with van der Waals surface area (Å²) in [6.45, 7) is 1.85. The molecule has 2 rings (SSSR count). The van der Waals surface area contributed by atoms with Crippen LogP contribution in [0.1, 0.15) is 23.2 Å². The Kier molecular flexibility index (Phi) is 4.49. The second kappa shape index (κ2) is 6.13. The smallest absolute Gasteiger partial charge is 0.255 e. The Bertz CT molecular complexity index is 490. The summed E-state index contributed by atoms with van der Waals surface area (Å²) in [4.78, 5) is 16.5. The predicted molar refractivity (Wildman–Crippen MR) is 80.0 cm³/mol. The summed E-state index contributed by atoms with van der Waals surface area (Å²) in [5.74, 6) is 0.627. The Morgan fingerprint density at radius 1 is 1.55 bits per heavy atom. The summed E-state index contributed by atoms with van der Waals surface area (Å²) in [5.41, 5.74) is 6.93. The predicted octanol–water partition coefficient (Wildman–Crippen LogP) is 1.44. The van der Waals surface area contributed by atoms with Crippen molar-refractivity contribution in [1.29, 1.82) is 0 Å². The van der Waals surface area contributed by atoms with Gasteiger partial charge in [0.1, 0.15) is 5.75 Å². The number of nitrogen functional groups attached to an aromatic ring is 1. The van der Waals surface area contributed by atoms with Crippen LogP contribution in [0.15, 0.2) is 18.2 Å². The van der Waals surface area contributed by atoms with Gasteiger partial charge in [-0.3, -0.25) is 4.79 Å². The van der Waals surface area contributed by atoms with Gasteiger partial charge < -0.3 is 20.3 Å². The molecule has 0 spiro atoms. The van der Waals surface area contributed by atoms with E-state index in [1.165, 1.54) is 6.42 Å². The fourth-order valence-corrected chi connectivity index (χ4v) is 2.68. The zero-order valence-corrected chi connectivity index (χ0v) is 12.4. The highest BCUT2D eigenvalue weighted by Crippen LogP contribution is 2.22. The number of hydrogen-bond acceptors (Lipinski definition) is 4. The van der Waals surface area contributed by atoms with E-state index in [2.05, 4.69) is 11.9 Å². The Morgan fingerprint density at radius 2 is 2.30 bits per heavy atom. The van der Waals surface area contributed by atoms with E-state index in [9.17, 15) is 4.79 Å². The number of nitrogens with two attached hydrogens (primary N) is 1. The lowest BCUT2D eigenvalue weighted by Gasteiger charge is -2.26. The van der Waals surface area contributed by atoms with Gasteiger partial charge >= 0.3 is 0 Å². The highest BCUT2D eigenvalue weighted by molar-refractivity contribution is 5.99. The van der Waals surface area contributed by atoms with Crippen molar-refractivity contribution in [2.24, 2.45) is 0 Å². The van der Waals surface area contributed by atoms with Crippen LogP contribution in [0.4, 0.5) is 5.69 Å². The van der Waals surface area contributed by atoms with Crippen LogP contribution in [-0.4, -0.2) is 56.0 Å². The van der Waals surface area contributed by atoms with Crippen LogP contribution in [0.3, 0.4) is 0 Å². The number of likely N-dealkylation sites (N-methyl/N-ethyl adjacent to an activating group) is 2. The van der Waals surface area contributed by atoms with Crippen LogP contribution in [0.25, 0.3) is 0 Å². The van der Waals surface area contributed by atoms with Crippen LogP contribution in [0.5, 0.6) is 5.75 Å². The van der Waals surface area contributed by atoms with Crippen molar-refractivity contribution in [2.45, 2.75) is 18.9 Å². The van der Waals surface area contributed by atoms with Crippen molar-refractivity contribution in [3.05, 3.63) is 23.8 Å². The van der Waals surface area contributed by atoms with Gasteiger partial charge in [-0.2, -0.15) is 0 Å². The first-order chi connectivity index (χ1) is 9.52. The number of carbonyl (C=O) groups is 1. The summed E-state index contributed by atoms with van der Waals surface area (Å²) in [5, 5.41) is 0. The van der Waals surface area contributed by atoms with E-state index in [0.717, 1.165) is 19.5 Å². The van der Waals surface area contributed by atoms with Gasteiger partial charge in [-0.05, 0) is 38.6 Å². The Morgan fingerprint density at radius 3 is 2.85 bits per heavy atom. The Labute approximate surface area is 120 Å². The van der Waals surface area contributed by atoms with Gasteiger partial charge in [-0.25, -0.2) is 0 Å². The molecule has 0 aliphatic carbocycles. The average molecular weight is 277 g/mol. The molecule has 5 nitrogen and oxygen atoms in total. The minimum atomic E-state index is -0.0366. The van der Waals surface area contributed by atoms with Crippen molar-refractivity contribution in [2.75, 3.05) is 40.0 Å². The van der Waals surface area contributed by atoms with Crippen LogP contribution in [0.2, 0.25) is 0 Å². The molecule has 1 amide bonds. The third-order valence-corrected chi connectivity index (χ3v) is 3.99. The quantitative estimate of drug-likeness (QED) is 0.846. The molecular formula is C15H23N3O2. The third-order valence-electron chi connectivity index (χ3n) is 3.99. The number of nitrogens with zero attached hydrogens (tertiary/aromatic N) is 2. The van der Waals surface area contributed by atoms with E-state index in [0.29, 0.717) is 23.0 Å². The molecule has 1 unspecified atom stereocenters. The first-order valence-electron chi connectivity index (χ1n) is 6.92. The van der Waals surface area contributed by atoms with Crippen molar-refractivity contribution in [3.8, 4) is 5.75 Å². The molecule has 0 saturated carbocycles. The number of rotatable bonds is 4. The standard InChI is InChI=1S/C15H23N3O2/c1-17-8-4-5-11(17)10-18(2)15(19)13-7-6-12(20-3)9-14(13)16/h6-7,9,11H,4-5,8,10,16H2,1-3H3. The largest absolute Gasteiger partial charge is 0.497 e. The SMILES string of the molecule is COc1ccc(C(=O)N(C)CC2CCCN2C)c(N)c1. The molecule has 5 heteroatoms. The fourth-order valence-electron chi connectivity index (χ4n) is 2.68. The molecule has 2 N–H and O–H groups in total. The third kappa shape index (κ3) is 3.04. The molecular weight excluding hydrogens is 254 g/mol. The molecule has 1 fully saturated rings. The van der Waals surface area contributed by atoms with Crippen LogP contribution in [-0.2, 0) is 0 Å². The molecule has 110 valence electrons. The second-order valence-corrected chi connectivity index (χ2v) is 5.42. The number of methoxy groups -OCH3 is 1. The minimum absolute atomic E-state index is 0.0366. The first-order valence-corrected chi connectivity index (χ1v) is 6.92. The van der Waals surface area contributed by atoms with Gasteiger partial charge in [0.05, 0.1) is 12.7 Å². The van der Waals surface area contributed by atoms with E-state index in [-0.39, 0.29) is 5.91 Å². The molecule has 1 aliphatic heterocycles. The lowest BCUT2D eigenvalue weighted by Crippen LogP contribution is -2.39. The maximum atomic E-state index is 12.4. The van der Waals surface area contributed by atoms with Crippen molar-refractivity contribution < 1.29 is 9.53 Å². The number of likely N-dealkylation sites (tertiary alicyclic amines) is 1. The number of ether oxygens (including phenoxy) is 1. The highest BCUT2D eigenvalue weighted by Gasteiger charge is 2.24. The van der Waals surface area contributed by atoms with E-state index in [4.69, 9.17) is 10.5 Å². The lowest BCUT2D eigenvalue weighted by molar-refractivity contribution is 0.0762. The van der Waals surface area contributed by atoms with E-state index in [1.807, 2.05) is 7.05 Å². The normalized spacial score (nSPS) is 19.1. The van der Waals surface area contributed by atoms with Crippen molar-refractivity contribution in [3.63, 3.8) is 0 Å². The minimum Gasteiger partial charge on any atom is -0.497 e. The van der Waals surface area contributed by atoms with Gasteiger partial charge in [-0.15, -0.1) is 0 Å². The molecule has 0 radical (unpaired) electrons. The zero-order chi connectivity index (χ0) is 14.7. The van der Waals surface area contributed by atoms with E-state index >= 15 is 0 Å². The number of benzene rings is 1. The monoisotopic (exact) mass is 277 g/mol. The maximum absolute atomic E-state index is 12.4. The van der Waals surface area contributed by atoms with Gasteiger partial charge in [0.2, 0.25) is 0 Å². The molecule has 1 atom stereocenters. The Hall–Kier alpha value is -1.75. The lowest BCUT2D eigenvalue weighted by atomic mass is 10.1. The zero-order valence-electron chi connectivity index (χ0n) is 12.4. The Balaban J connectivity index is 2.06. The topological polar surface area (TPSA) is 58.8 Å². The fraction of sp³-hybridized carbons (Fsp3) is 0.533. The highest BCUT2D eigenvalue weighted by atomic mass is 16.5. The molecule has 1 heterocycles. The van der Waals surface area contributed by atoms with Crippen LogP contribution >= 0.6 is 0 Å². The number of anilines is 1. The van der Waals surface area contributed by atoms with Crippen LogP contribution < -0.4 is 10.5 Å². The van der Waals surface area contributed by atoms with Crippen molar-refractivity contribution in [1.82, 2.24) is 9.80 Å². The maximum Gasteiger partial charge on any atom is 0.255 e. The molecule has 0 aromatic heterocycles. The van der Waals surface area contributed by atoms with Crippen LogP contribution in [0, 0.1) is 0 Å². The molecule has 20 heavy (non-hydrogen) atoms. The molecule has 1 aromatic carbocycles. The second-order valence-electron chi connectivity index (χ2n) is 5.42. The summed E-state index contributed by atoms with van der Waals surface area (Å²) in [7, 11) is 5.52. The van der Waals surface area contributed by atoms with E-state index < -0.39 is 0 Å². The molecule has 1 aromatic rings. The molecule has 1 aliphatic rings. The summed E-state index contributed by atoms with van der Waals surface area (Å²) >= 11 is 0. The van der Waals surface area contributed by atoms with Gasteiger partial charge in [0.25, 0.3) is 5.91 Å². The molecule has 0 bridgehead atoms.